The lowest BCUT2D eigenvalue weighted by atomic mass is 10.3. The zero-order chi connectivity index (χ0) is 12.3. The molecule has 0 spiro atoms. The minimum atomic E-state index is 0.625. The largest absolute Gasteiger partial charge is 0.490 e. The van der Waals surface area contributed by atoms with Crippen LogP contribution in [0.5, 0.6) is 5.75 Å². The fourth-order valence-corrected chi connectivity index (χ4v) is 2.05. The molecule has 1 heterocycles. The summed E-state index contributed by atoms with van der Waals surface area (Å²) in [5, 5.41) is 0.661. The van der Waals surface area contributed by atoms with E-state index in [1.54, 1.807) is 0 Å². The van der Waals surface area contributed by atoms with Gasteiger partial charge in [0.25, 0.3) is 0 Å². The number of hydrogen-bond acceptors (Lipinski definition) is 1. The third-order valence-electron chi connectivity index (χ3n) is 2.83. The van der Waals surface area contributed by atoms with Gasteiger partial charge in [-0.2, -0.15) is 0 Å². The Morgan fingerprint density at radius 2 is 1.71 bits per heavy atom. The van der Waals surface area contributed by atoms with Gasteiger partial charge in [0, 0.05) is 11.4 Å². The van der Waals surface area contributed by atoms with Crippen LogP contribution < -0.4 is 4.74 Å². The molecular weight excluding hydrogens is 234 g/mol. The fourth-order valence-electron chi connectivity index (χ4n) is 1.86. The number of halogens is 1. The van der Waals surface area contributed by atoms with Crippen LogP contribution in [0.1, 0.15) is 11.4 Å². The van der Waals surface area contributed by atoms with Gasteiger partial charge >= 0.3 is 0 Å². The van der Waals surface area contributed by atoms with E-state index in [0.29, 0.717) is 11.6 Å². The lowest BCUT2D eigenvalue weighted by Gasteiger charge is -2.11. The number of rotatable bonds is 4. The van der Waals surface area contributed by atoms with Gasteiger partial charge in [-0.25, -0.2) is 0 Å². The molecule has 1 aromatic carbocycles. The van der Waals surface area contributed by atoms with Crippen molar-refractivity contribution in [2.45, 2.75) is 20.4 Å². The number of ether oxygens (including phenoxy) is 1. The van der Waals surface area contributed by atoms with Crippen molar-refractivity contribution in [1.29, 1.82) is 0 Å². The van der Waals surface area contributed by atoms with Crippen molar-refractivity contribution in [3.05, 3.63) is 52.8 Å². The predicted molar refractivity (Wildman–Crippen MR) is 70.9 cm³/mol. The Balaban J connectivity index is 1.95. The highest BCUT2D eigenvalue weighted by molar-refractivity contribution is 6.32. The second-order valence-electron chi connectivity index (χ2n) is 4.05. The molecule has 0 unspecified atom stereocenters. The van der Waals surface area contributed by atoms with E-state index in [2.05, 4.69) is 30.5 Å². The maximum absolute atomic E-state index is 6.02. The van der Waals surface area contributed by atoms with Gasteiger partial charge in [-0.1, -0.05) is 23.7 Å². The molecule has 0 bridgehead atoms. The molecule has 0 aliphatic carbocycles. The summed E-state index contributed by atoms with van der Waals surface area (Å²) >= 11 is 6.02. The van der Waals surface area contributed by atoms with Gasteiger partial charge < -0.3 is 9.30 Å². The number of nitrogens with zero attached hydrogens (tertiary/aromatic N) is 1. The first-order chi connectivity index (χ1) is 8.18. The second kappa shape index (κ2) is 5.28. The van der Waals surface area contributed by atoms with E-state index in [4.69, 9.17) is 16.3 Å². The highest BCUT2D eigenvalue weighted by Gasteiger charge is 2.02. The lowest BCUT2D eigenvalue weighted by molar-refractivity contribution is 0.296. The maximum atomic E-state index is 6.02. The van der Waals surface area contributed by atoms with Crippen LogP contribution in [0.15, 0.2) is 36.4 Å². The standard InChI is InChI=1S/C14H16ClNO/c1-11-7-8-12(2)16(11)9-10-17-14-6-4-3-5-13(14)15/h3-8H,9-10H2,1-2H3. The van der Waals surface area contributed by atoms with Gasteiger partial charge in [0.1, 0.15) is 12.4 Å². The van der Waals surface area contributed by atoms with E-state index in [-0.39, 0.29) is 0 Å². The van der Waals surface area contributed by atoms with Crippen molar-refractivity contribution in [3.63, 3.8) is 0 Å². The Bertz CT molecular complexity index is 485. The first-order valence-electron chi connectivity index (χ1n) is 5.68. The van der Waals surface area contributed by atoms with Crippen LogP contribution in [0, 0.1) is 13.8 Å². The Hall–Kier alpha value is -1.41. The molecule has 0 saturated carbocycles. The number of benzene rings is 1. The second-order valence-corrected chi connectivity index (χ2v) is 4.45. The lowest BCUT2D eigenvalue weighted by Crippen LogP contribution is -2.10. The molecule has 0 aliphatic rings. The van der Waals surface area contributed by atoms with E-state index in [9.17, 15) is 0 Å². The summed E-state index contributed by atoms with van der Waals surface area (Å²) < 4.78 is 7.90. The van der Waals surface area contributed by atoms with Crippen LogP contribution in [0.4, 0.5) is 0 Å². The topological polar surface area (TPSA) is 14.2 Å². The molecule has 0 amide bonds. The van der Waals surface area contributed by atoms with Crippen molar-refractivity contribution < 1.29 is 4.74 Å². The molecule has 90 valence electrons. The van der Waals surface area contributed by atoms with Crippen LogP contribution in [0.25, 0.3) is 0 Å². The average molecular weight is 250 g/mol. The number of aryl methyl sites for hydroxylation is 2. The van der Waals surface area contributed by atoms with Crippen molar-refractivity contribution in [3.8, 4) is 5.75 Å². The molecule has 1 aromatic heterocycles. The molecule has 0 N–H and O–H groups in total. The van der Waals surface area contributed by atoms with Crippen LogP contribution in [-0.2, 0) is 6.54 Å². The highest BCUT2D eigenvalue weighted by atomic mass is 35.5. The molecule has 0 atom stereocenters. The zero-order valence-electron chi connectivity index (χ0n) is 10.1. The van der Waals surface area contributed by atoms with E-state index >= 15 is 0 Å². The Labute approximate surface area is 107 Å². The van der Waals surface area contributed by atoms with Gasteiger partial charge in [-0.15, -0.1) is 0 Å². The molecule has 0 aliphatic heterocycles. The summed E-state index contributed by atoms with van der Waals surface area (Å²) in [4.78, 5) is 0. The Morgan fingerprint density at radius 3 is 2.35 bits per heavy atom. The van der Waals surface area contributed by atoms with Gasteiger partial charge in [0.15, 0.2) is 0 Å². The summed E-state index contributed by atoms with van der Waals surface area (Å²) in [5.74, 6) is 0.747. The minimum absolute atomic E-state index is 0.625. The summed E-state index contributed by atoms with van der Waals surface area (Å²) in [6.45, 7) is 5.67. The monoisotopic (exact) mass is 249 g/mol. The SMILES string of the molecule is Cc1ccc(C)n1CCOc1ccccc1Cl. The van der Waals surface area contributed by atoms with Crippen LogP contribution in [0.2, 0.25) is 5.02 Å². The van der Waals surface area contributed by atoms with Crippen LogP contribution >= 0.6 is 11.6 Å². The summed E-state index contributed by atoms with van der Waals surface area (Å²) in [6.07, 6.45) is 0. The predicted octanol–water partition coefficient (Wildman–Crippen LogP) is 3.84. The average Bonchev–Trinajstić information content (AvgIpc) is 2.63. The van der Waals surface area contributed by atoms with Crippen LogP contribution in [0.3, 0.4) is 0 Å². The summed E-state index contributed by atoms with van der Waals surface area (Å²) in [5.41, 5.74) is 2.51. The van der Waals surface area contributed by atoms with Crippen molar-refractivity contribution in [2.75, 3.05) is 6.61 Å². The molecule has 2 nitrogen and oxygen atoms in total. The van der Waals surface area contributed by atoms with E-state index < -0.39 is 0 Å². The van der Waals surface area contributed by atoms with Crippen molar-refractivity contribution in [2.24, 2.45) is 0 Å². The molecular formula is C14H16ClNO. The molecule has 0 saturated heterocycles. The Morgan fingerprint density at radius 1 is 1.06 bits per heavy atom. The van der Waals surface area contributed by atoms with Crippen LogP contribution in [-0.4, -0.2) is 11.2 Å². The molecule has 2 rings (SSSR count). The first-order valence-corrected chi connectivity index (χ1v) is 6.06. The third kappa shape index (κ3) is 2.83. The summed E-state index contributed by atoms with van der Waals surface area (Å²) in [7, 11) is 0. The van der Waals surface area contributed by atoms with Gasteiger partial charge in [-0.3, -0.25) is 0 Å². The smallest absolute Gasteiger partial charge is 0.137 e. The summed E-state index contributed by atoms with van der Waals surface area (Å²) in [6, 6.07) is 11.8. The van der Waals surface area contributed by atoms with Gasteiger partial charge in [0.05, 0.1) is 11.6 Å². The normalized spacial score (nSPS) is 10.5. The highest BCUT2D eigenvalue weighted by Crippen LogP contribution is 2.23. The van der Waals surface area contributed by atoms with E-state index in [1.165, 1.54) is 11.4 Å². The van der Waals surface area contributed by atoms with Gasteiger partial charge in [-0.05, 0) is 38.1 Å². The molecule has 0 radical (unpaired) electrons. The maximum Gasteiger partial charge on any atom is 0.137 e. The number of para-hydroxylation sites is 1. The Kier molecular flexibility index (Phi) is 3.75. The van der Waals surface area contributed by atoms with Crippen molar-refractivity contribution >= 4 is 11.6 Å². The minimum Gasteiger partial charge on any atom is -0.490 e. The zero-order valence-corrected chi connectivity index (χ0v) is 10.9. The van der Waals surface area contributed by atoms with Gasteiger partial charge in [0.2, 0.25) is 0 Å². The molecule has 0 fully saturated rings. The molecule has 17 heavy (non-hydrogen) atoms. The quantitative estimate of drug-likeness (QED) is 0.803. The van der Waals surface area contributed by atoms with Crippen molar-refractivity contribution in [1.82, 2.24) is 4.57 Å². The number of aromatic nitrogens is 1. The van der Waals surface area contributed by atoms with E-state index in [1.807, 2.05) is 24.3 Å². The first kappa shape index (κ1) is 12.1. The third-order valence-corrected chi connectivity index (χ3v) is 3.14. The molecule has 2 aromatic rings. The molecule has 3 heteroatoms. The number of hydrogen-bond donors (Lipinski definition) is 0. The fraction of sp³-hybridized carbons (Fsp3) is 0.286. The van der Waals surface area contributed by atoms with E-state index in [0.717, 1.165) is 12.3 Å².